The standard InChI is InChI=1S/C21H20Br2N2O6/c1-3-4-14-7-13(8-18(29-2)21(14)31-12-20(27)28)10-24-25-19(26)11-30-17-6-5-15(22)9-16(17)23/h3,5-10H,1,4,11-12H2,2H3,(H,25,26)(H,27,28)/b24-10+. The maximum absolute atomic E-state index is 12.0. The fourth-order valence-electron chi connectivity index (χ4n) is 2.46. The van der Waals surface area contributed by atoms with Crippen LogP contribution in [0, 0.1) is 0 Å². The molecule has 0 bridgehead atoms. The molecule has 2 rings (SSSR count). The lowest BCUT2D eigenvalue weighted by atomic mass is 10.1. The smallest absolute Gasteiger partial charge is 0.341 e. The molecule has 10 heteroatoms. The molecule has 0 saturated heterocycles. The number of carbonyl (C=O) groups excluding carboxylic acids is 1. The Bertz CT molecular complexity index is 994. The highest BCUT2D eigenvalue weighted by molar-refractivity contribution is 9.11. The Morgan fingerprint density at radius 1 is 1.16 bits per heavy atom. The normalized spacial score (nSPS) is 10.5. The van der Waals surface area contributed by atoms with E-state index in [0.717, 1.165) is 4.47 Å². The van der Waals surface area contributed by atoms with E-state index in [1.165, 1.54) is 13.3 Å². The molecule has 8 nitrogen and oxygen atoms in total. The summed E-state index contributed by atoms with van der Waals surface area (Å²) in [7, 11) is 1.45. The first-order valence-corrected chi connectivity index (χ1v) is 10.5. The molecule has 0 aromatic heterocycles. The largest absolute Gasteiger partial charge is 0.493 e. The second kappa shape index (κ2) is 12.1. The van der Waals surface area contributed by atoms with Crippen LogP contribution in [0.1, 0.15) is 11.1 Å². The zero-order valence-corrected chi connectivity index (χ0v) is 19.7. The van der Waals surface area contributed by atoms with E-state index < -0.39 is 18.5 Å². The molecule has 0 aliphatic rings. The second-order valence-corrected chi connectivity index (χ2v) is 7.81. The summed E-state index contributed by atoms with van der Waals surface area (Å²) in [5, 5.41) is 12.8. The van der Waals surface area contributed by atoms with Gasteiger partial charge in [-0.15, -0.1) is 6.58 Å². The highest BCUT2D eigenvalue weighted by atomic mass is 79.9. The number of hydrogen-bond donors (Lipinski definition) is 2. The highest BCUT2D eigenvalue weighted by Crippen LogP contribution is 2.33. The first-order valence-electron chi connectivity index (χ1n) is 8.90. The topological polar surface area (TPSA) is 106 Å². The van der Waals surface area contributed by atoms with Crippen LogP contribution >= 0.6 is 31.9 Å². The lowest BCUT2D eigenvalue weighted by Gasteiger charge is -2.14. The summed E-state index contributed by atoms with van der Waals surface area (Å²) in [6, 6.07) is 8.70. The van der Waals surface area contributed by atoms with Crippen LogP contribution in [0.5, 0.6) is 17.2 Å². The Morgan fingerprint density at radius 2 is 1.94 bits per heavy atom. The van der Waals surface area contributed by atoms with Gasteiger partial charge in [-0.25, -0.2) is 10.2 Å². The molecule has 0 heterocycles. The van der Waals surface area contributed by atoms with Crippen LogP contribution in [0.25, 0.3) is 0 Å². The molecule has 0 radical (unpaired) electrons. The van der Waals surface area contributed by atoms with Crippen molar-refractivity contribution in [2.24, 2.45) is 5.10 Å². The number of nitrogens with zero attached hydrogens (tertiary/aromatic N) is 1. The molecule has 0 saturated carbocycles. The molecule has 0 aliphatic carbocycles. The van der Waals surface area contributed by atoms with E-state index in [0.29, 0.717) is 39.3 Å². The van der Waals surface area contributed by atoms with Crippen LogP contribution < -0.4 is 19.6 Å². The van der Waals surface area contributed by atoms with Gasteiger partial charge in [-0.2, -0.15) is 5.10 Å². The number of methoxy groups -OCH3 is 1. The van der Waals surface area contributed by atoms with Crippen LogP contribution in [-0.4, -0.2) is 43.5 Å². The Kier molecular flexibility index (Phi) is 9.54. The predicted octanol–water partition coefficient (Wildman–Crippen LogP) is 3.94. The summed E-state index contributed by atoms with van der Waals surface area (Å²) < 4.78 is 17.7. The summed E-state index contributed by atoms with van der Waals surface area (Å²) in [6.07, 6.45) is 3.52. The summed E-state index contributed by atoms with van der Waals surface area (Å²) in [6.45, 7) is 2.98. The Balaban J connectivity index is 2.04. The lowest BCUT2D eigenvalue weighted by Crippen LogP contribution is -2.24. The molecule has 0 fully saturated rings. The van der Waals surface area contributed by atoms with Gasteiger partial charge in [-0.1, -0.05) is 22.0 Å². The van der Waals surface area contributed by atoms with Crippen molar-refractivity contribution in [2.45, 2.75) is 6.42 Å². The third kappa shape index (κ3) is 7.72. The Morgan fingerprint density at radius 3 is 2.58 bits per heavy atom. The van der Waals surface area contributed by atoms with Gasteiger partial charge in [0.1, 0.15) is 5.75 Å². The number of halogens is 2. The highest BCUT2D eigenvalue weighted by Gasteiger charge is 2.14. The minimum absolute atomic E-state index is 0.218. The second-order valence-electron chi connectivity index (χ2n) is 6.04. The number of allylic oxidation sites excluding steroid dienone is 1. The minimum Gasteiger partial charge on any atom is -0.493 e. The number of carbonyl (C=O) groups is 2. The van der Waals surface area contributed by atoms with Gasteiger partial charge in [0.05, 0.1) is 17.8 Å². The van der Waals surface area contributed by atoms with Crippen LogP contribution in [0.15, 0.2) is 57.0 Å². The molecule has 0 aliphatic heterocycles. The van der Waals surface area contributed by atoms with Crippen molar-refractivity contribution in [3.63, 3.8) is 0 Å². The number of carboxylic acid groups (broad SMARTS) is 1. The Labute approximate surface area is 196 Å². The monoisotopic (exact) mass is 554 g/mol. The summed E-state index contributed by atoms with van der Waals surface area (Å²) >= 11 is 6.71. The zero-order chi connectivity index (χ0) is 22.8. The van der Waals surface area contributed by atoms with Crippen molar-refractivity contribution in [3.05, 3.63) is 63.1 Å². The number of aliphatic carboxylic acids is 1. The molecule has 0 spiro atoms. The SMILES string of the molecule is C=CCc1cc(/C=N/NC(=O)COc2ccc(Br)cc2Br)cc(OC)c1OCC(=O)O. The molecular formula is C21H20Br2N2O6. The molecule has 2 aromatic carbocycles. The molecule has 0 unspecified atom stereocenters. The fraction of sp³-hybridized carbons (Fsp3) is 0.190. The third-order valence-electron chi connectivity index (χ3n) is 3.73. The molecule has 0 atom stereocenters. The predicted molar refractivity (Wildman–Crippen MR) is 123 cm³/mol. The number of benzene rings is 2. The summed E-state index contributed by atoms with van der Waals surface area (Å²) in [4.78, 5) is 22.8. The zero-order valence-electron chi connectivity index (χ0n) is 16.6. The minimum atomic E-state index is -1.10. The van der Waals surface area contributed by atoms with Crippen LogP contribution in [0.2, 0.25) is 0 Å². The first kappa shape index (κ1) is 24.4. The first-order chi connectivity index (χ1) is 14.8. The van der Waals surface area contributed by atoms with E-state index in [1.54, 1.807) is 30.3 Å². The molecule has 164 valence electrons. The fourth-order valence-corrected chi connectivity index (χ4v) is 3.62. The number of ether oxygens (including phenoxy) is 3. The van der Waals surface area contributed by atoms with Gasteiger partial charge in [-0.05, 0) is 58.2 Å². The molecule has 1 amide bonds. The maximum atomic E-state index is 12.0. The van der Waals surface area contributed by atoms with Gasteiger partial charge in [-0.3, -0.25) is 4.79 Å². The van der Waals surface area contributed by atoms with Gasteiger partial charge in [0.15, 0.2) is 24.7 Å². The van der Waals surface area contributed by atoms with E-state index in [4.69, 9.17) is 19.3 Å². The van der Waals surface area contributed by atoms with Gasteiger partial charge in [0, 0.05) is 10.0 Å². The average Bonchev–Trinajstić information content (AvgIpc) is 2.72. The van der Waals surface area contributed by atoms with Gasteiger partial charge < -0.3 is 19.3 Å². The number of carboxylic acids is 1. The van der Waals surface area contributed by atoms with E-state index in [9.17, 15) is 9.59 Å². The van der Waals surface area contributed by atoms with Crippen LogP contribution in [0.3, 0.4) is 0 Å². The lowest BCUT2D eigenvalue weighted by molar-refractivity contribution is -0.139. The quantitative estimate of drug-likeness (QED) is 0.247. The van der Waals surface area contributed by atoms with Crippen molar-refractivity contribution in [3.8, 4) is 17.2 Å². The van der Waals surface area contributed by atoms with E-state index in [2.05, 4.69) is 49.0 Å². The average molecular weight is 556 g/mol. The number of amides is 1. The summed E-state index contributed by atoms with van der Waals surface area (Å²) in [5.41, 5.74) is 3.68. The summed E-state index contributed by atoms with van der Waals surface area (Å²) in [5.74, 6) is -0.350. The molecule has 2 aromatic rings. The van der Waals surface area contributed by atoms with Gasteiger partial charge in [0.25, 0.3) is 5.91 Å². The maximum Gasteiger partial charge on any atom is 0.341 e. The van der Waals surface area contributed by atoms with Gasteiger partial charge >= 0.3 is 5.97 Å². The van der Waals surface area contributed by atoms with Crippen molar-refractivity contribution >= 4 is 50.0 Å². The number of hydrogen-bond acceptors (Lipinski definition) is 6. The van der Waals surface area contributed by atoms with E-state index in [1.807, 2.05) is 6.07 Å². The van der Waals surface area contributed by atoms with Crippen LogP contribution in [0.4, 0.5) is 0 Å². The van der Waals surface area contributed by atoms with Crippen molar-refractivity contribution in [1.29, 1.82) is 0 Å². The number of hydrazone groups is 1. The third-order valence-corrected chi connectivity index (χ3v) is 4.85. The van der Waals surface area contributed by atoms with Crippen molar-refractivity contribution < 1.29 is 28.9 Å². The Hall–Kier alpha value is -2.85. The van der Waals surface area contributed by atoms with E-state index >= 15 is 0 Å². The number of nitrogens with one attached hydrogen (secondary N) is 1. The van der Waals surface area contributed by atoms with E-state index in [-0.39, 0.29) is 6.61 Å². The van der Waals surface area contributed by atoms with Crippen molar-refractivity contribution in [2.75, 3.05) is 20.3 Å². The molecule has 31 heavy (non-hydrogen) atoms. The van der Waals surface area contributed by atoms with Crippen LogP contribution in [-0.2, 0) is 16.0 Å². The van der Waals surface area contributed by atoms with Crippen molar-refractivity contribution in [1.82, 2.24) is 5.43 Å². The molecular weight excluding hydrogens is 536 g/mol. The molecule has 2 N–H and O–H groups in total. The van der Waals surface area contributed by atoms with Gasteiger partial charge in [0.2, 0.25) is 0 Å². The number of rotatable bonds is 11.